The molecular weight excluding hydrogens is 548 g/mol. The van der Waals surface area contributed by atoms with Gasteiger partial charge in [0.2, 0.25) is 12.3 Å². The van der Waals surface area contributed by atoms with E-state index in [1.54, 1.807) is 31.2 Å². The third kappa shape index (κ3) is 6.21. The molecule has 1 aromatic carbocycles. The topological polar surface area (TPSA) is 159 Å². The molecule has 3 heterocycles. The number of carbonyl (C=O) groups is 2. The number of benzene rings is 1. The zero-order chi connectivity index (χ0) is 27.7. The number of amides is 1. The predicted molar refractivity (Wildman–Crippen MR) is 131 cm³/mol. The summed E-state index contributed by atoms with van der Waals surface area (Å²) in [6.45, 7) is 2.26. The molecule has 3 aliphatic heterocycles. The monoisotopic (exact) mass is 577 g/mol. The number of hydrogen-bond donors (Lipinski definition) is 3. The molecular formula is C23H30ClFN3O9P. The second-order valence-corrected chi connectivity index (χ2v) is 11.3. The number of carbonyl (C=O) groups excluding carboxylic acids is 2. The molecule has 38 heavy (non-hydrogen) atoms. The molecule has 0 aliphatic carbocycles. The summed E-state index contributed by atoms with van der Waals surface area (Å²) in [6.07, 6.45) is -3.85. The Morgan fingerprint density at radius 3 is 2.92 bits per heavy atom. The molecule has 2 fully saturated rings. The number of nitrogens with two attached hydrogens (primary N) is 1. The Morgan fingerprint density at radius 1 is 1.47 bits per heavy atom. The Labute approximate surface area is 223 Å². The van der Waals surface area contributed by atoms with Crippen molar-refractivity contribution < 1.29 is 46.7 Å². The predicted octanol–water partition coefficient (Wildman–Crippen LogP) is 2.27. The van der Waals surface area contributed by atoms with Crippen molar-refractivity contribution >= 4 is 31.3 Å². The molecule has 8 atom stereocenters. The first-order valence-corrected chi connectivity index (χ1v) is 13.8. The van der Waals surface area contributed by atoms with Gasteiger partial charge >= 0.3 is 13.8 Å². The third-order valence-electron chi connectivity index (χ3n) is 6.39. The van der Waals surface area contributed by atoms with Crippen molar-refractivity contribution in [1.29, 1.82) is 0 Å². The Hall–Kier alpha value is -2.09. The number of phosphoric ester groups is 1. The standard InChI is InChI=1S/C23H30ClFN3O9P/c1-3-15(26)20(30)36-19-17(35-21(23(19,2)25)28-9-7-18(29)27-22(28)31)12-34-38(32)33-10-8-16(37-38)13-5-4-6-14(24)11-13/h4-7,9,11,15-17,19,21-22,31H,3,8,10,12,26H2,1-2H3,(H,27,29)/t15-,16-,17+,19+,21+,22?,23+,38+/m0/s1. The van der Waals surface area contributed by atoms with Crippen LogP contribution in [-0.4, -0.2) is 71.6 Å². The molecule has 0 aromatic heterocycles. The van der Waals surface area contributed by atoms with Crippen molar-refractivity contribution in [2.45, 2.75) is 69.3 Å². The van der Waals surface area contributed by atoms with Crippen LogP contribution >= 0.6 is 19.4 Å². The van der Waals surface area contributed by atoms with Crippen molar-refractivity contribution in [3.63, 3.8) is 0 Å². The summed E-state index contributed by atoms with van der Waals surface area (Å²) in [5.74, 6) is -1.47. The first-order valence-electron chi connectivity index (χ1n) is 12.0. The van der Waals surface area contributed by atoms with Crippen LogP contribution in [0.4, 0.5) is 4.39 Å². The zero-order valence-corrected chi connectivity index (χ0v) is 22.3. The van der Waals surface area contributed by atoms with E-state index in [-0.39, 0.29) is 13.0 Å². The van der Waals surface area contributed by atoms with E-state index in [0.29, 0.717) is 17.0 Å². The van der Waals surface area contributed by atoms with Crippen LogP contribution in [0.15, 0.2) is 36.5 Å². The van der Waals surface area contributed by atoms with Crippen molar-refractivity contribution in [1.82, 2.24) is 10.2 Å². The van der Waals surface area contributed by atoms with E-state index < -0.39 is 68.9 Å². The van der Waals surface area contributed by atoms with Gasteiger partial charge in [-0.05, 0) is 31.0 Å². The van der Waals surface area contributed by atoms with Gasteiger partial charge in [0, 0.05) is 23.7 Å². The van der Waals surface area contributed by atoms with Crippen LogP contribution in [0.3, 0.4) is 0 Å². The number of alkyl halides is 1. The van der Waals surface area contributed by atoms with Crippen LogP contribution in [0.1, 0.15) is 38.4 Å². The number of phosphoric acid groups is 1. The van der Waals surface area contributed by atoms with E-state index in [4.69, 9.17) is 40.4 Å². The van der Waals surface area contributed by atoms with Gasteiger partial charge in [-0.25, -0.2) is 8.96 Å². The Kier molecular flexibility index (Phi) is 8.80. The zero-order valence-electron chi connectivity index (χ0n) is 20.7. The van der Waals surface area contributed by atoms with Gasteiger partial charge in [-0.2, -0.15) is 0 Å². The lowest BCUT2D eigenvalue weighted by molar-refractivity contribution is -0.162. The van der Waals surface area contributed by atoms with Gasteiger partial charge < -0.3 is 30.5 Å². The average Bonchev–Trinajstić information content (AvgIpc) is 3.11. The minimum Gasteiger partial charge on any atom is -0.455 e. The summed E-state index contributed by atoms with van der Waals surface area (Å²) in [5, 5.41) is 13.0. The fourth-order valence-corrected chi connectivity index (χ4v) is 5.89. The van der Waals surface area contributed by atoms with Crippen LogP contribution in [0.2, 0.25) is 5.02 Å². The smallest absolute Gasteiger partial charge is 0.455 e. The Bertz CT molecular complexity index is 1130. The minimum absolute atomic E-state index is 0.0532. The molecule has 12 nitrogen and oxygen atoms in total. The summed E-state index contributed by atoms with van der Waals surface area (Å²) < 4.78 is 57.1. The molecule has 4 rings (SSSR count). The summed E-state index contributed by atoms with van der Waals surface area (Å²) in [6, 6.07) is 5.82. The molecule has 3 aliphatic rings. The quantitative estimate of drug-likeness (QED) is 0.307. The summed E-state index contributed by atoms with van der Waals surface area (Å²) >= 11 is 6.06. The van der Waals surface area contributed by atoms with Crippen molar-refractivity contribution in [3.8, 4) is 0 Å². The molecule has 15 heteroatoms. The van der Waals surface area contributed by atoms with Gasteiger partial charge in [-0.1, -0.05) is 30.7 Å². The van der Waals surface area contributed by atoms with E-state index in [9.17, 15) is 19.3 Å². The molecule has 1 amide bonds. The lowest BCUT2D eigenvalue weighted by Gasteiger charge is -2.38. The van der Waals surface area contributed by atoms with Gasteiger partial charge in [0.05, 0.1) is 19.3 Å². The van der Waals surface area contributed by atoms with Gasteiger partial charge in [0.1, 0.15) is 12.1 Å². The maximum atomic E-state index is 16.2. The number of esters is 1. The normalized spacial score (nSPS) is 36.1. The number of hydrogen-bond acceptors (Lipinski definition) is 11. The van der Waals surface area contributed by atoms with E-state index in [0.717, 1.165) is 24.1 Å². The number of aliphatic hydroxyl groups is 1. The minimum atomic E-state index is -4.15. The maximum absolute atomic E-state index is 16.2. The number of aliphatic hydroxyl groups excluding tert-OH is 1. The average molecular weight is 578 g/mol. The lowest BCUT2D eigenvalue weighted by Crippen LogP contribution is -2.58. The van der Waals surface area contributed by atoms with E-state index >= 15 is 4.39 Å². The fraction of sp³-hybridized carbons (Fsp3) is 0.565. The summed E-state index contributed by atoms with van der Waals surface area (Å²) in [7, 11) is -4.15. The number of nitrogens with one attached hydrogen (secondary N) is 1. The highest BCUT2D eigenvalue weighted by Gasteiger charge is 2.60. The highest BCUT2D eigenvalue weighted by Crippen LogP contribution is 2.57. The summed E-state index contributed by atoms with van der Waals surface area (Å²) in [5.41, 5.74) is 4.00. The largest absolute Gasteiger partial charge is 0.475 e. The van der Waals surface area contributed by atoms with Crippen molar-refractivity contribution in [2.24, 2.45) is 5.73 Å². The molecule has 0 saturated carbocycles. The summed E-state index contributed by atoms with van der Waals surface area (Å²) in [4.78, 5) is 25.0. The highest BCUT2D eigenvalue weighted by atomic mass is 35.5. The molecule has 4 N–H and O–H groups in total. The second-order valence-electron chi connectivity index (χ2n) is 9.21. The van der Waals surface area contributed by atoms with Crippen LogP contribution in [0.25, 0.3) is 0 Å². The van der Waals surface area contributed by atoms with Crippen molar-refractivity contribution in [2.75, 3.05) is 13.2 Å². The van der Waals surface area contributed by atoms with Crippen LogP contribution in [0.5, 0.6) is 0 Å². The van der Waals surface area contributed by atoms with Crippen LogP contribution < -0.4 is 11.1 Å². The molecule has 0 bridgehead atoms. The Morgan fingerprint density at radius 2 is 2.24 bits per heavy atom. The SMILES string of the molecule is CC[C@H](N)C(=O)O[C@@H]1[C@@H](CO[P@@]2(=O)OCC[C@@H](c3cccc(Cl)c3)O2)O[C@@H](N2C=CC(=O)NC2O)[C@]1(C)F. The second kappa shape index (κ2) is 11.6. The number of halogens is 2. The third-order valence-corrected chi connectivity index (χ3v) is 8.10. The van der Waals surface area contributed by atoms with Crippen molar-refractivity contribution in [3.05, 3.63) is 47.1 Å². The lowest BCUT2D eigenvalue weighted by atomic mass is 9.97. The first-order chi connectivity index (χ1) is 17.9. The molecule has 0 radical (unpaired) electrons. The first kappa shape index (κ1) is 28.9. The Balaban J connectivity index is 1.53. The van der Waals surface area contributed by atoms with E-state index in [2.05, 4.69) is 5.32 Å². The van der Waals surface area contributed by atoms with Gasteiger partial charge in [0.15, 0.2) is 18.0 Å². The van der Waals surface area contributed by atoms with E-state index in [1.165, 1.54) is 0 Å². The van der Waals surface area contributed by atoms with Gasteiger partial charge in [0.25, 0.3) is 0 Å². The number of rotatable bonds is 8. The molecule has 210 valence electrons. The van der Waals surface area contributed by atoms with Gasteiger partial charge in [-0.3, -0.25) is 23.2 Å². The van der Waals surface area contributed by atoms with Gasteiger partial charge in [-0.15, -0.1) is 0 Å². The van der Waals surface area contributed by atoms with E-state index in [1.807, 2.05) is 0 Å². The molecule has 2 saturated heterocycles. The molecule has 0 spiro atoms. The number of ether oxygens (including phenoxy) is 2. The molecule has 1 aromatic rings. The maximum Gasteiger partial charge on any atom is 0.475 e. The molecule has 1 unspecified atom stereocenters. The van der Waals surface area contributed by atoms with Crippen LogP contribution in [-0.2, 0) is 37.2 Å². The number of nitrogens with zero attached hydrogens (tertiary/aromatic N) is 1. The van der Waals surface area contributed by atoms with Crippen LogP contribution in [0, 0.1) is 0 Å². The fourth-order valence-electron chi connectivity index (χ4n) is 4.30. The highest BCUT2D eigenvalue weighted by molar-refractivity contribution is 7.48.